The highest BCUT2D eigenvalue weighted by Crippen LogP contribution is 2.23. The SMILES string of the molecule is CC(C)(C)c1nc(NN)cc(NCCc2ccc(Cl)s2)n1. The van der Waals surface area contributed by atoms with Gasteiger partial charge in [0.2, 0.25) is 0 Å². The summed E-state index contributed by atoms with van der Waals surface area (Å²) in [5.41, 5.74) is 2.45. The molecule has 0 aliphatic rings. The Morgan fingerprint density at radius 1 is 1.24 bits per heavy atom. The third kappa shape index (κ3) is 4.56. The number of aromatic nitrogens is 2. The summed E-state index contributed by atoms with van der Waals surface area (Å²) in [6, 6.07) is 5.76. The van der Waals surface area contributed by atoms with Gasteiger partial charge in [-0.3, -0.25) is 0 Å². The van der Waals surface area contributed by atoms with Crippen LogP contribution in [-0.4, -0.2) is 16.5 Å². The van der Waals surface area contributed by atoms with E-state index in [1.807, 2.05) is 12.1 Å². The highest BCUT2D eigenvalue weighted by atomic mass is 35.5. The van der Waals surface area contributed by atoms with Crippen molar-refractivity contribution in [2.45, 2.75) is 32.6 Å². The largest absolute Gasteiger partial charge is 0.370 e. The van der Waals surface area contributed by atoms with Crippen molar-refractivity contribution in [1.29, 1.82) is 0 Å². The molecule has 0 aliphatic heterocycles. The monoisotopic (exact) mass is 325 g/mol. The fourth-order valence-electron chi connectivity index (χ4n) is 1.75. The number of nitrogens with zero attached hydrogens (tertiary/aromatic N) is 2. The summed E-state index contributed by atoms with van der Waals surface area (Å²) in [5, 5.41) is 3.31. The Morgan fingerprint density at radius 3 is 2.52 bits per heavy atom. The van der Waals surface area contributed by atoms with Gasteiger partial charge in [-0.1, -0.05) is 32.4 Å². The third-order valence-electron chi connectivity index (χ3n) is 2.85. The first-order valence-corrected chi connectivity index (χ1v) is 7.92. The number of thiophene rings is 1. The highest BCUT2D eigenvalue weighted by Gasteiger charge is 2.19. The van der Waals surface area contributed by atoms with E-state index >= 15 is 0 Å². The Hall–Kier alpha value is -1.37. The molecule has 114 valence electrons. The predicted octanol–water partition coefficient (Wildman–Crippen LogP) is 3.43. The molecule has 0 atom stereocenters. The number of nitrogens with two attached hydrogens (primary N) is 1. The molecular formula is C14H20ClN5S. The summed E-state index contributed by atoms with van der Waals surface area (Å²) < 4.78 is 0.816. The maximum Gasteiger partial charge on any atom is 0.145 e. The maximum absolute atomic E-state index is 5.92. The minimum absolute atomic E-state index is 0.134. The van der Waals surface area contributed by atoms with Crippen LogP contribution in [0.25, 0.3) is 0 Å². The van der Waals surface area contributed by atoms with Gasteiger partial charge in [0.25, 0.3) is 0 Å². The second kappa shape index (κ2) is 6.60. The average molecular weight is 326 g/mol. The fraction of sp³-hybridized carbons (Fsp3) is 0.429. The zero-order valence-electron chi connectivity index (χ0n) is 12.4. The highest BCUT2D eigenvalue weighted by molar-refractivity contribution is 7.16. The molecule has 0 aromatic carbocycles. The second-order valence-corrected chi connectivity index (χ2v) is 7.54. The fourth-order valence-corrected chi connectivity index (χ4v) is 2.83. The molecule has 0 amide bonds. The Bertz CT molecular complexity index is 606. The number of hydrogen-bond donors (Lipinski definition) is 3. The van der Waals surface area contributed by atoms with Crippen molar-refractivity contribution in [3.8, 4) is 0 Å². The van der Waals surface area contributed by atoms with Crippen molar-refractivity contribution in [3.63, 3.8) is 0 Å². The van der Waals surface area contributed by atoms with Gasteiger partial charge in [-0.2, -0.15) is 0 Å². The van der Waals surface area contributed by atoms with Crippen LogP contribution in [0.15, 0.2) is 18.2 Å². The van der Waals surface area contributed by atoms with Gasteiger partial charge in [0.1, 0.15) is 17.5 Å². The van der Waals surface area contributed by atoms with Crippen LogP contribution in [0.1, 0.15) is 31.5 Å². The van der Waals surface area contributed by atoms with Crippen molar-refractivity contribution in [1.82, 2.24) is 9.97 Å². The number of hydrogen-bond acceptors (Lipinski definition) is 6. The van der Waals surface area contributed by atoms with Crippen LogP contribution in [0.3, 0.4) is 0 Å². The number of anilines is 2. The summed E-state index contributed by atoms with van der Waals surface area (Å²) in [5.74, 6) is 7.60. The molecule has 2 rings (SSSR count). The normalized spacial score (nSPS) is 11.5. The van der Waals surface area contributed by atoms with Crippen LogP contribution >= 0.6 is 22.9 Å². The van der Waals surface area contributed by atoms with E-state index < -0.39 is 0 Å². The van der Waals surface area contributed by atoms with Crippen molar-refractivity contribution in [3.05, 3.63) is 33.2 Å². The molecule has 0 spiro atoms. The standard InChI is InChI=1S/C14H20ClN5S/c1-14(2,3)13-18-11(8-12(19-13)20-16)17-7-6-9-4-5-10(15)21-9/h4-5,8H,6-7,16H2,1-3H3,(H2,17,18,19,20). The molecule has 0 saturated carbocycles. The van der Waals surface area contributed by atoms with E-state index in [1.54, 1.807) is 17.4 Å². The lowest BCUT2D eigenvalue weighted by atomic mass is 9.96. The predicted molar refractivity (Wildman–Crippen MR) is 90.1 cm³/mol. The molecule has 7 heteroatoms. The molecule has 2 aromatic heterocycles. The molecule has 21 heavy (non-hydrogen) atoms. The van der Waals surface area contributed by atoms with Crippen molar-refractivity contribution < 1.29 is 0 Å². The molecule has 2 aromatic rings. The van der Waals surface area contributed by atoms with Crippen LogP contribution in [0, 0.1) is 0 Å². The van der Waals surface area contributed by atoms with Crippen LogP contribution in [0.5, 0.6) is 0 Å². The van der Waals surface area contributed by atoms with Crippen LogP contribution in [-0.2, 0) is 11.8 Å². The number of halogens is 1. The molecule has 2 heterocycles. The average Bonchev–Trinajstić information content (AvgIpc) is 2.83. The minimum atomic E-state index is -0.134. The minimum Gasteiger partial charge on any atom is -0.370 e. The number of nitrogen functional groups attached to an aromatic ring is 1. The van der Waals surface area contributed by atoms with E-state index in [9.17, 15) is 0 Å². The number of nitrogens with one attached hydrogen (secondary N) is 2. The van der Waals surface area contributed by atoms with Gasteiger partial charge in [0, 0.05) is 22.9 Å². The first-order chi connectivity index (χ1) is 9.88. The lowest BCUT2D eigenvalue weighted by Gasteiger charge is -2.18. The first kappa shape index (κ1) is 16.0. The van der Waals surface area contributed by atoms with Crippen molar-refractivity contribution in [2.24, 2.45) is 5.84 Å². The van der Waals surface area contributed by atoms with Gasteiger partial charge < -0.3 is 10.7 Å². The van der Waals surface area contributed by atoms with E-state index in [-0.39, 0.29) is 5.41 Å². The van der Waals surface area contributed by atoms with Crippen molar-refractivity contribution >= 4 is 34.6 Å². The number of rotatable bonds is 5. The molecule has 0 bridgehead atoms. The van der Waals surface area contributed by atoms with Gasteiger partial charge in [0.15, 0.2) is 0 Å². The molecule has 0 saturated heterocycles. The van der Waals surface area contributed by atoms with Gasteiger partial charge in [-0.05, 0) is 18.6 Å². The second-order valence-electron chi connectivity index (χ2n) is 5.74. The molecule has 0 fully saturated rings. The Kier molecular flexibility index (Phi) is 5.03. The molecule has 4 N–H and O–H groups in total. The van der Waals surface area contributed by atoms with E-state index in [0.717, 1.165) is 28.9 Å². The smallest absolute Gasteiger partial charge is 0.145 e. The zero-order chi connectivity index (χ0) is 15.5. The molecule has 0 unspecified atom stereocenters. The zero-order valence-corrected chi connectivity index (χ0v) is 14.0. The topological polar surface area (TPSA) is 75.9 Å². The van der Waals surface area contributed by atoms with Crippen LogP contribution in [0.4, 0.5) is 11.6 Å². The summed E-state index contributed by atoms with van der Waals surface area (Å²) >= 11 is 7.52. The molecular weight excluding hydrogens is 306 g/mol. The lowest BCUT2D eigenvalue weighted by Crippen LogP contribution is -2.20. The Labute approximate surface area is 133 Å². The molecule has 0 aliphatic carbocycles. The number of hydrazine groups is 1. The van der Waals surface area contributed by atoms with Crippen molar-refractivity contribution in [2.75, 3.05) is 17.3 Å². The lowest BCUT2D eigenvalue weighted by molar-refractivity contribution is 0.546. The molecule has 5 nitrogen and oxygen atoms in total. The summed E-state index contributed by atoms with van der Waals surface area (Å²) in [4.78, 5) is 10.2. The maximum atomic E-state index is 5.92. The summed E-state index contributed by atoms with van der Waals surface area (Å²) in [6.45, 7) is 6.99. The quantitative estimate of drug-likeness (QED) is 0.580. The van der Waals surface area contributed by atoms with E-state index in [0.29, 0.717) is 5.82 Å². The van der Waals surface area contributed by atoms with E-state index in [1.165, 1.54) is 4.88 Å². The Morgan fingerprint density at radius 2 is 1.95 bits per heavy atom. The molecule has 0 radical (unpaired) electrons. The van der Waals surface area contributed by atoms with Gasteiger partial charge in [-0.25, -0.2) is 15.8 Å². The van der Waals surface area contributed by atoms with Crippen LogP contribution < -0.4 is 16.6 Å². The third-order valence-corrected chi connectivity index (χ3v) is 4.14. The van der Waals surface area contributed by atoms with Crippen LogP contribution in [0.2, 0.25) is 4.34 Å². The van der Waals surface area contributed by atoms with E-state index in [4.69, 9.17) is 17.4 Å². The Balaban J connectivity index is 2.05. The summed E-state index contributed by atoms with van der Waals surface area (Å²) in [7, 11) is 0. The summed E-state index contributed by atoms with van der Waals surface area (Å²) in [6.07, 6.45) is 0.900. The van der Waals surface area contributed by atoms with Gasteiger partial charge in [-0.15, -0.1) is 11.3 Å². The first-order valence-electron chi connectivity index (χ1n) is 6.73. The van der Waals surface area contributed by atoms with E-state index in [2.05, 4.69) is 41.5 Å². The van der Waals surface area contributed by atoms with Gasteiger partial charge >= 0.3 is 0 Å². The van der Waals surface area contributed by atoms with Gasteiger partial charge in [0.05, 0.1) is 4.34 Å².